The second kappa shape index (κ2) is 5.56. The van der Waals surface area contributed by atoms with Gasteiger partial charge < -0.3 is 0 Å². The Morgan fingerprint density at radius 2 is 1.87 bits per heavy atom. The first-order valence-corrected chi connectivity index (χ1v) is 6.27. The van der Waals surface area contributed by atoms with Gasteiger partial charge in [0.2, 0.25) is 0 Å². The number of hydrogen-bond donors (Lipinski definition) is 0. The molecule has 1 rings (SSSR count). The van der Waals surface area contributed by atoms with E-state index in [9.17, 15) is 0 Å². The Morgan fingerprint density at radius 3 is 2.33 bits per heavy atom. The lowest BCUT2D eigenvalue weighted by molar-refractivity contribution is -0.466. The molecular weight excluding hydrogens is 272 g/mol. The molecule has 0 radical (unpaired) electrons. The lowest BCUT2D eigenvalue weighted by Crippen LogP contribution is -2.26. The Bertz CT molecular complexity index is 371. The maximum atomic E-state index is 3.55. The molecule has 82 valence electrons. The molecule has 1 aromatic rings. The smallest absolute Gasteiger partial charge is 0.261 e. The van der Waals surface area contributed by atoms with Gasteiger partial charge in [-0.05, 0) is 39.8 Å². The molecule has 0 unspecified atom stereocenters. The van der Waals surface area contributed by atoms with Gasteiger partial charge in [-0.1, -0.05) is 12.1 Å². The van der Waals surface area contributed by atoms with Crippen LogP contribution in [0.4, 0.5) is 0 Å². The normalized spacial score (nSPS) is 9.93. The zero-order chi connectivity index (χ0) is 11.4. The molecule has 0 atom stereocenters. The van der Waals surface area contributed by atoms with Crippen molar-refractivity contribution in [2.24, 2.45) is 0 Å². The molecular formula is C11H16BrN2S+. The molecule has 0 fully saturated rings. The molecule has 2 nitrogen and oxygen atoms in total. The van der Waals surface area contributed by atoms with E-state index in [0.29, 0.717) is 0 Å². The van der Waals surface area contributed by atoms with Crippen LogP contribution in [0.3, 0.4) is 0 Å². The Hall–Kier alpha value is -0.480. The third kappa shape index (κ3) is 3.54. The van der Waals surface area contributed by atoms with Crippen molar-refractivity contribution in [2.75, 3.05) is 28.2 Å². The highest BCUT2D eigenvalue weighted by Gasteiger charge is 2.14. The second-order valence-corrected chi connectivity index (χ2v) is 5.47. The highest BCUT2D eigenvalue weighted by molar-refractivity contribution is 9.10. The van der Waals surface area contributed by atoms with Gasteiger partial charge in [-0.3, -0.25) is 9.48 Å². The Morgan fingerprint density at radius 1 is 1.27 bits per heavy atom. The van der Waals surface area contributed by atoms with Gasteiger partial charge in [-0.15, -0.1) is 0 Å². The number of rotatable bonds is 1. The van der Waals surface area contributed by atoms with Crippen LogP contribution in [0.1, 0.15) is 0 Å². The standard InChI is InChI=1S/C11H16BrN2S/c1-13(2)11(14(3)4)15-10-8-6-5-7-9(10)12/h5-8H,1-4H3/q+1. The van der Waals surface area contributed by atoms with Gasteiger partial charge in [-0.2, -0.15) is 0 Å². The summed E-state index contributed by atoms with van der Waals surface area (Å²) < 4.78 is 3.25. The van der Waals surface area contributed by atoms with Crippen molar-refractivity contribution in [3.8, 4) is 0 Å². The number of nitrogens with zero attached hydrogens (tertiary/aromatic N) is 2. The van der Waals surface area contributed by atoms with Gasteiger partial charge in [0, 0.05) is 9.37 Å². The molecule has 0 saturated heterocycles. The average molecular weight is 288 g/mol. The molecule has 0 saturated carbocycles. The lowest BCUT2D eigenvalue weighted by Gasteiger charge is -2.11. The van der Waals surface area contributed by atoms with E-state index in [2.05, 4.69) is 71.8 Å². The van der Waals surface area contributed by atoms with Gasteiger partial charge in [0.1, 0.15) is 0 Å². The van der Waals surface area contributed by atoms with Crippen molar-refractivity contribution in [3.05, 3.63) is 28.7 Å². The van der Waals surface area contributed by atoms with E-state index >= 15 is 0 Å². The molecule has 15 heavy (non-hydrogen) atoms. The molecule has 0 spiro atoms. The molecule has 0 aliphatic carbocycles. The highest BCUT2D eigenvalue weighted by Crippen LogP contribution is 2.28. The molecule has 0 heterocycles. The van der Waals surface area contributed by atoms with Gasteiger partial charge in [-0.25, -0.2) is 0 Å². The zero-order valence-corrected chi connectivity index (χ0v) is 11.9. The number of amidine groups is 1. The fraction of sp³-hybridized carbons (Fsp3) is 0.364. The van der Waals surface area contributed by atoms with Crippen LogP contribution in [0.2, 0.25) is 0 Å². The summed E-state index contributed by atoms with van der Waals surface area (Å²) in [4.78, 5) is 3.35. The van der Waals surface area contributed by atoms with E-state index in [4.69, 9.17) is 0 Å². The minimum Gasteiger partial charge on any atom is -0.261 e. The van der Waals surface area contributed by atoms with Crippen LogP contribution in [0, 0.1) is 0 Å². The summed E-state index contributed by atoms with van der Waals surface area (Å²) in [5, 5.41) is 1.21. The largest absolute Gasteiger partial charge is 0.312 e. The van der Waals surface area contributed by atoms with Crippen molar-refractivity contribution in [1.82, 2.24) is 4.90 Å². The number of thioether (sulfide) groups is 1. The van der Waals surface area contributed by atoms with Crippen LogP contribution < -0.4 is 0 Å². The summed E-state index contributed by atoms with van der Waals surface area (Å²) in [7, 11) is 8.22. The predicted octanol–water partition coefficient (Wildman–Crippen LogP) is 2.73. The van der Waals surface area contributed by atoms with Crippen LogP contribution in [0.5, 0.6) is 0 Å². The third-order valence-electron chi connectivity index (χ3n) is 1.80. The summed E-state index contributed by atoms with van der Waals surface area (Å²) in [6.07, 6.45) is 0. The van der Waals surface area contributed by atoms with Crippen molar-refractivity contribution >= 4 is 32.9 Å². The first-order chi connectivity index (χ1) is 7.02. The van der Waals surface area contributed by atoms with Gasteiger partial charge in [0.15, 0.2) is 0 Å². The maximum Gasteiger partial charge on any atom is 0.312 e. The molecule has 0 aliphatic heterocycles. The lowest BCUT2D eigenvalue weighted by atomic mass is 10.4. The second-order valence-electron chi connectivity index (χ2n) is 3.60. The summed E-state index contributed by atoms with van der Waals surface area (Å²) in [6.45, 7) is 0. The van der Waals surface area contributed by atoms with Crippen molar-refractivity contribution in [3.63, 3.8) is 0 Å². The number of benzene rings is 1. The van der Waals surface area contributed by atoms with Crippen LogP contribution >= 0.6 is 27.7 Å². The third-order valence-corrected chi connectivity index (χ3v) is 4.25. The number of halogens is 1. The Balaban J connectivity index is 2.95. The monoisotopic (exact) mass is 287 g/mol. The Labute approximate surface area is 104 Å². The minimum atomic E-state index is 1.14. The van der Waals surface area contributed by atoms with E-state index in [0.717, 1.165) is 4.47 Å². The zero-order valence-electron chi connectivity index (χ0n) is 9.49. The van der Waals surface area contributed by atoms with E-state index in [1.165, 1.54) is 10.1 Å². The van der Waals surface area contributed by atoms with Crippen LogP contribution in [-0.2, 0) is 0 Å². The summed E-state index contributed by atoms with van der Waals surface area (Å²) >= 11 is 5.30. The maximum absolute atomic E-state index is 3.55. The minimum absolute atomic E-state index is 1.14. The summed E-state index contributed by atoms with van der Waals surface area (Å²) in [5.74, 6) is 0. The highest BCUT2D eigenvalue weighted by atomic mass is 79.9. The van der Waals surface area contributed by atoms with Crippen molar-refractivity contribution in [2.45, 2.75) is 4.90 Å². The first-order valence-electron chi connectivity index (χ1n) is 4.66. The van der Waals surface area contributed by atoms with Crippen LogP contribution in [-0.4, -0.2) is 42.8 Å². The number of hydrogen-bond acceptors (Lipinski definition) is 1. The summed E-state index contributed by atoms with van der Waals surface area (Å²) in [6, 6.07) is 8.25. The topological polar surface area (TPSA) is 6.25 Å². The van der Waals surface area contributed by atoms with Crippen LogP contribution in [0.15, 0.2) is 33.6 Å². The SMILES string of the molecule is CN(C)C(Sc1ccccc1Br)=[N+](C)C. The fourth-order valence-electron chi connectivity index (χ4n) is 1.21. The quantitative estimate of drug-likeness (QED) is 0.339. The first kappa shape index (κ1) is 12.6. The van der Waals surface area contributed by atoms with E-state index in [1.54, 1.807) is 11.8 Å². The van der Waals surface area contributed by atoms with Crippen LogP contribution in [0.25, 0.3) is 0 Å². The average Bonchev–Trinajstić information content (AvgIpc) is 2.15. The Kier molecular flexibility index (Phi) is 4.67. The van der Waals surface area contributed by atoms with Crippen molar-refractivity contribution in [1.29, 1.82) is 0 Å². The van der Waals surface area contributed by atoms with Gasteiger partial charge >= 0.3 is 5.17 Å². The van der Waals surface area contributed by atoms with Gasteiger partial charge in [0.05, 0.1) is 28.2 Å². The fourth-order valence-corrected chi connectivity index (χ4v) is 2.61. The van der Waals surface area contributed by atoms with Gasteiger partial charge in [0.25, 0.3) is 0 Å². The molecule has 0 amide bonds. The summed E-state index contributed by atoms with van der Waals surface area (Å²) in [5.41, 5.74) is 0. The van der Waals surface area contributed by atoms with E-state index in [-0.39, 0.29) is 0 Å². The molecule has 0 N–H and O–H groups in total. The van der Waals surface area contributed by atoms with E-state index < -0.39 is 0 Å². The molecule has 0 aromatic heterocycles. The van der Waals surface area contributed by atoms with E-state index in [1.807, 2.05) is 6.07 Å². The van der Waals surface area contributed by atoms with Crippen molar-refractivity contribution < 1.29 is 4.58 Å². The molecule has 1 aromatic carbocycles. The predicted molar refractivity (Wildman–Crippen MR) is 70.8 cm³/mol. The molecule has 0 bridgehead atoms. The molecule has 0 aliphatic rings. The molecule has 4 heteroatoms.